The molecule has 0 aliphatic rings. The van der Waals surface area contributed by atoms with Crippen LogP contribution in [0.5, 0.6) is 0 Å². The maximum atomic E-state index is 12.4. The van der Waals surface area contributed by atoms with Crippen LogP contribution in [-0.2, 0) is 15.6 Å². The molecule has 0 saturated carbocycles. The van der Waals surface area contributed by atoms with E-state index in [-0.39, 0.29) is 16.5 Å². The van der Waals surface area contributed by atoms with Crippen LogP contribution >= 0.6 is 11.8 Å². The standard InChI is InChI=1S/C19H19N3O4S2/c1-13(2)28(24,25)16-10-6-7-14(11-16)18(23)20-19-22-21-17(26-19)12-27-15-8-4-3-5-9-15/h3-11,13H,12H2,1-2H3,(H,20,22,23). The molecule has 1 heterocycles. The molecule has 28 heavy (non-hydrogen) atoms. The molecular weight excluding hydrogens is 398 g/mol. The zero-order valence-corrected chi connectivity index (χ0v) is 17.0. The van der Waals surface area contributed by atoms with Crippen molar-refractivity contribution in [2.45, 2.75) is 34.6 Å². The van der Waals surface area contributed by atoms with Gasteiger partial charge < -0.3 is 4.42 Å². The molecular formula is C19H19N3O4S2. The molecule has 9 heteroatoms. The van der Waals surface area contributed by atoms with E-state index in [1.807, 2.05) is 30.3 Å². The van der Waals surface area contributed by atoms with Crippen LogP contribution in [0.4, 0.5) is 6.01 Å². The largest absolute Gasteiger partial charge is 0.407 e. The summed E-state index contributed by atoms with van der Waals surface area (Å²) in [5, 5.41) is 9.65. The second-order valence-electron chi connectivity index (χ2n) is 6.18. The summed E-state index contributed by atoms with van der Waals surface area (Å²) in [6.45, 7) is 3.19. The molecule has 1 aromatic heterocycles. The van der Waals surface area contributed by atoms with Crippen LogP contribution in [0.15, 0.2) is 68.8 Å². The molecule has 0 unspecified atom stereocenters. The summed E-state index contributed by atoms with van der Waals surface area (Å²) in [4.78, 5) is 13.6. The van der Waals surface area contributed by atoms with Crippen molar-refractivity contribution < 1.29 is 17.6 Å². The monoisotopic (exact) mass is 417 g/mol. The minimum absolute atomic E-state index is 0.0363. The van der Waals surface area contributed by atoms with Crippen molar-refractivity contribution in [2.75, 3.05) is 5.32 Å². The molecule has 7 nitrogen and oxygen atoms in total. The Morgan fingerprint density at radius 3 is 2.57 bits per heavy atom. The first-order valence-electron chi connectivity index (χ1n) is 8.52. The number of hydrogen-bond donors (Lipinski definition) is 1. The average molecular weight is 418 g/mol. The number of carbonyl (C=O) groups is 1. The maximum absolute atomic E-state index is 12.4. The van der Waals surface area contributed by atoms with Gasteiger partial charge in [-0.1, -0.05) is 29.4 Å². The van der Waals surface area contributed by atoms with Gasteiger partial charge in [-0.2, -0.15) is 0 Å². The number of carbonyl (C=O) groups excluding carboxylic acids is 1. The summed E-state index contributed by atoms with van der Waals surface area (Å²) in [6, 6.07) is 15.6. The summed E-state index contributed by atoms with van der Waals surface area (Å²) in [5.41, 5.74) is 0.195. The quantitative estimate of drug-likeness (QED) is 0.583. The second kappa shape index (κ2) is 8.57. The summed E-state index contributed by atoms with van der Waals surface area (Å²) < 4.78 is 30.0. The fourth-order valence-electron chi connectivity index (χ4n) is 2.28. The van der Waals surface area contributed by atoms with Crippen LogP contribution in [0.25, 0.3) is 0 Å². The summed E-state index contributed by atoms with van der Waals surface area (Å²) >= 11 is 1.53. The van der Waals surface area contributed by atoms with Crippen LogP contribution in [-0.4, -0.2) is 29.8 Å². The van der Waals surface area contributed by atoms with Gasteiger partial charge >= 0.3 is 6.01 Å². The van der Waals surface area contributed by atoms with E-state index in [4.69, 9.17) is 4.42 Å². The summed E-state index contributed by atoms with van der Waals surface area (Å²) in [7, 11) is -3.47. The average Bonchev–Trinajstić information content (AvgIpc) is 3.14. The minimum atomic E-state index is -3.47. The topological polar surface area (TPSA) is 102 Å². The third kappa shape index (κ3) is 4.79. The zero-order chi connectivity index (χ0) is 20.1. The molecule has 3 rings (SSSR count). The number of amides is 1. The Morgan fingerprint density at radius 2 is 1.86 bits per heavy atom. The fourth-order valence-corrected chi connectivity index (χ4v) is 4.14. The van der Waals surface area contributed by atoms with Crippen molar-refractivity contribution in [3.8, 4) is 0 Å². The highest BCUT2D eigenvalue weighted by Gasteiger charge is 2.21. The molecule has 0 radical (unpaired) electrons. The number of thioether (sulfide) groups is 1. The molecule has 1 N–H and O–H groups in total. The van der Waals surface area contributed by atoms with Crippen LogP contribution < -0.4 is 5.32 Å². The number of anilines is 1. The zero-order valence-electron chi connectivity index (χ0n) is 15.3. The van der Waals surface area contributed by atoms with Gasteiger partial charge in [0, 0.05) is 10.5 Å². The van der Waals surface area contributed by atoms with Crippen molar-refractivity contribution in [2.24, 2.45) is 0 Å². The maximum Gasteiger partial charge on any atom is 0.322 e. The molecule has 2 aromatic carbocycles. The van der Waals surface area contributed by atoms with E-state index in [9.17, 15) is 13.2 Å². The van der Waals surface area contributed by atoms with Gasteiger partial charge in [0.2, 0.25) is 5.89 Å². The van der Waals surface area contributed by atoms with Crippen molar-refractivity contribution in [3.05, 3.63) is 66.1 Å². The van der Waals surface area contributed by atoms with Crippen molar-refractivity contribution in [1.82, 2.24) is 10.2 Å². The van der Waals surface area contributed by atoms with Gasteiger partial charge in [0.15, 0.2) is 9.84 Å². The van der Waals surface area contributed by atoms with Crippen LogP contribution in [0, 0.1) is 0 Å². The van der Waals surface area contributed by atoms with Crippen LogP contribution in [0.1, 0.15) is 30.1 Å². The van der Waals surface area contributed by atoms with Crippen LogP contribution in [0.2, 0.25) is 0 Å². The minimum Gasteiger partial charge on any atom is -0.407 e. The molecule has 0 aliphatic heterocycles. The predicted molar refractivity (Wildman–Crippen MR) is 107 cm³/mol. The van der Waals surface area contributed by atoms with Gasteiger partial charge in [0.05, 0.1) is 15.9 Å². The lowest BCUT2D eigenvalue weighted by atomic mass is 10.2. The SMILES string of the molecule is CC(C)S(=O)(=O)c1cccc(C(=O)Nc2nnc(CSc3ccccc3)o2)c1. The molecule has 0 bridgehead atoms. The third-order valence-electron chi connectivity index (χ3n) is 3.84. The van der Waals surface area contributed by atoms with Crippen LogP contribution in [0.3, 0.4) is 0 Å². The number of nitrogens with one attached hydrogen (secondary N) is 1. The Bertz CT molecular complexity index is 1060. The Hall–Kier alpha value is -2.65. The number of benzene rings is 2. The molecule has 0 fully saturated rings. The number of hydrogen-bond acceptors (Lipinski definition) is 7. The van der Waals surface area contributed by atoms with E-state index in [0.717, 1.165) is 4.90 Å². The first-order chi connectivity index (χ1) is 13.4. The highest BCUT2D eigenvalue weighted by atomic mass is 32.2. The Balaban J connectivity index is 1.66. The smallest absolute Gasteiger partial charge is 0.322 e. The number of sulfone groups is 1. The Morgan fingerprint density at radius 1 is 1.11 bits per heavy atom. The van der Waals surface area contributed by atoms with Gasteiger partial charge in [-0.3, -0.25) is 10.1 Å². The molecule has 0 aliphatic carbocycles. The summed E-state index contributed by atoms with van der Waals surface area (Å²) in [5.74, 6) is 0.321. The van der Waals surface area contributed by atoms with Gasteiger partial charge in [0.1, 0.15) is 0 Å². The molecule has 0 spiro atoms. The van der Waals surface area contributed by atoms with E-state index in [0.29, 0.717) is 11.6 Å². The highest BCUT2D eigenvalue weighted by molar-refractivity contribution is 7.98. The van der Waals surface area contributed by atoms with E-state index in [2.05, 4.69) is 15.5 Å². The number of nitrogens with zero attached hydrogens (tertiary/aromatic N) is 2. The first-order valence-corrected chi connectivity index (χ1v) is 11.0. The third-order valence-corrected chi connectivity index (χ3v) is 6.99. The molecule has 3 aromatic rings. The second-order valence-corrected chi connectivity index (χ2v) is 9.73. The first kappa shape index (κ1) is 20.1. The van der Waals surface area contributed by atoms with Gasteiger partial charge in [-0.25, -0.2) is 8.42 Å². The predicted octanol–water partition coefficient (Wildman–Crippen LogP) is 3.80. The van der Waals surface area contributed by atoms with Gasteiger partial charge in [-0.05, 0) is 44.2 Å². The number of rotatable bonds is 7. The van der Waals surface area contributed by atoms with Crippen molar-refractivity contribution in [1.29, 1.82) is 0 Å². The van der Waals surface area contributed by atoms with Gasteiger partial charge in [-0.15, -0.1) is 16.9 Å². The normalized spacial score (nSPS) is 11.5. The van der Waals surface area contributed by atoms with Crippen molar-refractivity contribution in [3.63, 3.8) is 0 Å². The Kier molecular flexibility index (Phi) is 6.15. The van der Waals surface area contributed by atoms with E-state index in [1.165, 1.54) is 36.0 Å². The van der Waals surface area contributed by atoms with E-state index < -0.39 is 21.0 Å². The van der Waals surface area contributed by atoms with E-state index >= 15 is 0 Å². The highest BCUT2D eigenvalue weighted by Crippen LogP contribution is 2.23. The molecule has 0 atom stereocenters. The van der Waals surface area contributed by atoms with E-state index in [1.54, 1.807) is 13.8 Å². The van der Waals surface area contributed by atoms with Crippen molar-refractivity contribution >= 4 is 33.5 Å². The fraction of sp³-hybridized carbons (Fsp3) is 0.211. The van der Waals surface area contributed by atoms with Gasteiger partial charge in [0.25, 0.3) is 5.91 Å². The lowest BCUT2D eigenvalue weighted by Gasteiger charge is -2.09. The lowest BCUT2D eigenvalue weighted by molar-refractivity contribution is 0.102. The lowest BCUT2D eigenvalue weighted by Crippen LogP contribution is -2.16. The molecule has 0 saturated heterocycles. The summed E-state index contributed by atoms with van der Waals surface area (Å²) in [6.07, 6.45) is 0. The Labute approximate surface area is 167 Å². The molecule has 1 amide bonds. The number of aromatic nitrogens is 2. The molecule has 146 valence electrons.